The number of carbonyl (C=O) groups is 2. The number of nitrogens with one attached hydrogen (secondary N) is 2. The van der Waals surface area contributed by atoms with Crippen molar-refractivity contribution in [1.29, 1.82) is 0 Å². The van der Waals surface area contributed by atoms with Crippen LogP contribution in [0, 0.1) is 5.82 Å². The number of hydrogen-bond donors (Lipinski definition) is 2. The number of ether oxygens (including phenoxy) is 2. The number of aliphatic imine (C=N–C) groups is 1. The Bertz CT molecular complexity index is 1190. The van der Waals surface area contributed by atoms with Crippen LogP contribution in [-0.2, 0) is 19.8 Å². The van der Waals surface area contributed by atoms with E-state index in [4.69, 9.17) is 21.1 Å². The molecule has 0 aromatic heterocycles. The van der Waals surface area contributed by atoms with Gasteiger partial charge in [0.15, 0.2) is 0 Å². The second-order valence-electron chi connectivity index (χ2n) is 10.5. The van der Waals surface area contributed by atoms with Crippen LogP contribution in [0.5, 0.6) is 0 Å². The normalized spacial score (nSPS) is 22.1. The number of nitrogens with zero attached hydrogens (tertiary/aromatic N) is 2. The topological polar surface area (TPSA) is 92.3 Å². The van der Waals surface area contributed by atoms with Crippen molar-refractivity contribution >= 4 is 40.9 Å². The van der Waals surface area contributed by atoms with Gasteiger partial charge >= 0.3 is 6.09 Å². The van der Waals surface area contributed by atoms with Crippen molar-refractivity contribution in [2.24, 2.45) is 4.99 Å². The Hall–Kier alpha value is -3.17. The molecule has 2 fully saturated rings. The Morgan fingerprint density at radius 2 is 1.89 bits per heavy atom. The van der Waals surface area contributed by atoms with Crippen LogP contribution in [0.4, 0.5) is 20.6 Å². The molecule has 198 valence electrons. The molecule has 2 N–H and O–H groups in total. The molecular formula is C27H32ClFN4O4. The van der Waals surface area contributed by atoms with E-state index in [0.717, 1.165) is 0 Å². The second kappa shape index (κ2) is 10.7. The Kier molecular flexibility index (Phi) is 7.75. The molecule has 2 amide bonds. The lowest BCUT2D eigenvalue weighted by Crippen LogP contribution is -2.63. The zero-order valence-electron chi connectivity index (χ0n) is 21.4. The highest BCUT2D eigenvalue weighted by Gasteiger charge is 2.44. The first kappa shape index (κ1) is 26.9. The lowest BCUT2D eigenvalue weighted by Gasteiger charge is -2.45. The Labute approximate surface area is 221 Å². The highest BCUT2D eigenvalue weighted by Crippen LogP contribution is 2.39. The fourth-order valence-electron chi connectivity index (χ4n) is 4.54. The van der Waals surface area contributed by atoms with Crippen molar-refractivity contribution in [2.45, 2.75) is 64.1 Å². The van der Waals surface area contributed by atoms with Crippen LogP contribution in [-0.4, -0.2) is 47.7 Å². The molecule has 2 aromatic carbocycles. The van der Waals surface area contributed by atoms with Crippen LogP contribution in [0.15, 0.2) is 47.5 Å². The first-order valence-corrected chi connectivity index (χ1v) is 12.6. The molecule has 0 radical (unpaired) electrons. The number of guanidine groups is 1. The van der Waals surface area contributed by atoms with Gasteiger partial charge in [0.1, 0.15) is 11.4 Å². The van der Waals surface area contributed by atoms with Gasteiger partial charge in [-0.25, -0.2) is 9.18 Å². The molecule has 0 unspecified atom stereocenters. The summed E-state index contributed by atoms with van der Waals surface area (Å²) >= 11 is 6.84. The van der Waals surface area contributed by atoms with Crippen LogP contribution < -0.4 is 10.6 Å². The third kappa shape index (κ3) is 6.40. The van der Waals surface area contributed by atoms with E-state index >= 15 is 0 Å². The molecule has 2 aromatic rings. The maximum absolute atomic E-state index is 13.6. The lowest BCUT2D eigenvalue weighted by molar-refractivity contribution is -0.133. The van der Waals surface area contributed by atoms with Gasteiger partial charge in [0.25, 0.3) is 0 Å². The van der Waals surface area contributed by atoms with E-state index in [-0.39, 0.29) is 30.1 Å². The summed E-state index contributed by atoms with van der Waals surface area (Å²) in [6.45, 7) is 8.15. The molecule has 8 nitrogen and oxygen atoms in total. The molecular weight excluding hydrogens is 499 g/mol. The first-order valence-electron chi connectivity index (χ1n) is 12.3. The molecule has 2 aliphatic rings. The van der Waals surface area contributed by atoms with Gasteiger partial charge in [0.2, 0.25) is 11.9 Å². The van der Waals surface area contributed by atoms with Crippen LogP contribution >= 0.6 is 11.6 Å². The number of anilines is 2. The van der Waals surface area contributed by atoms with Gasteiger partial charge in [-0.15, -0.1) is 4.99 Å². The zero-order valence-corrected chi connectivity index (χ0v) is 22.2. The van der Waals surface area contributed by atoms with Crippen molar-refractivity contribution in [3.8, 4) is 0 Å². The highest BCUT2D eigenvalue weighted by molar-refractivity contribution is 6.34. The Morgan fingerprint density at radius 3 is 2.54 bits per heavy atom. The van der Waals surface area contributed by atoms with Crippen LogP contribution in [0.2, 0.25) is 5.02 Å². The van der Waals surface area contributed by atoms with Gasteiger partial charge in [-0.05, 0) is 76.4 Å². The van der Waals surface area contributed by atoms with Crippen molar-refractivity contribution in [3.63, 3.8) is 0 Å². The molecule has 2 saturated heterocycles. The fourth-order valence-corrected chi connectivity index (χ4v) is 4.92. The standard InChI is InChI=1S/C27H32ClFN4O4/c1-26(2,3)37-25(35)31-24-32-27(4,16-22(34)33(24)19-12-14-36-15-13-19)20-6-5-7-21(23(20)28)30-18-10-8-17(29)9-11-18/h5-11,19,30H,12-16H2,1-4H3,(H,31,32,35)/t27-/m0/s1. The molecule has 37 heavy (non-hydrogen) atoms. The summed E-state index contributed by atoms with van der Waals surface area (Å²) < 4.78 is 24.2. The summed E-state index contributed by atoms with van der Waals surface area (Å²) in [6.07, 6.45) is 0.573. The molecule has 2 aliphatic heterocycles. The van der Waals surface area contributed by atoms with E-state index in [1.54, 1.807) is 43.9 Å². The van der Waals surface area contributed by atoms with E-state index in [9.17, 15) is 14.0 Å². The summed E-state index contributed by atoms with van der Waals surface area (Å²) in [6, 6.07) is 11.2. The minimum Gasteiger partial charge on any atom is -0.442 e. The van der Waals surface area contributed by atoms with Gasteiger partial charge in [-0.2, -0.15) is 0 Å². The third-order valence-corrected chi connectivity index (χ3v) is 6.66. The molecule has 0 bridgehead atoms. The average Bonchev–Trinajstić information content (AvgIpc) is 2.81. The van der Waals surface area contributed by atoms with Crippen molar-refractivity contribution in [1.82, 2.24) is 10.2 Å². The minimum absolute atomic E-state index is 0.0947. The molecule has 1 atom stereocenters. The van der Waals surface area contributed by atoms with Crippen molar-refractivity contribution in [3.05, 3.63) is 58.9 Å². The van der Waals surface area contributed by atoms with Crippen LogP contribution in [0.3, 0.4) is 0 Å². The molecule has 10 heteroatoms. The smallest absolute Gasteiger partial charge is 0.437 e. The summed E-state index contributed by atoms with van der Waals surface area (Å²) in [4.78, 5) is 32.0. The van der Waals surface area contributed by atoms with Crippen LogP contribution in [0.25, 0.3) is 0 Å². The van der Waals surface area contributed by atoms with Crippen molar-refractivity contribution in [2.75, 3.05) is 18.5 Å². The quantitative estimate of drug-likeness (QED) is 0.524. The number of halogens is 2. The number of carbonyl (C=O) groups excluding carboxylic acids is 2. The predicted molar refractivity (Wildman–Crippen MR) is 141 cm³/mol. The Morgan fingerprint density at radius 1 is 1.22 bits per heavy atom. The molecule has 0 aliphatic carbocycles. The fraction of sp³-hybridized carbons (Fsp3) is 0.444. The van der Waals surface area contributed by atoms with Gasteiger partial charge in [0.05, 0.1) is 22.7 Å². The van der Waals surface area contributed by atoms with Crippen molar-refractivity contribution < 1.29 is 23.5 Å². The summed E-state index contributed by atoms with van der Waals surface area (Å²) in [7, 11) is 0. The average molecular weight is 531 g/mol. The largest absolute Gasteiger partial charge is 0.442 e. The monoisotopic (exact) mass is 530 g/mol. The number of hydrogen-bond acceptors (Lipinski definition) is 5. The molecule has 4 rings (SSSR count). The minimum atomic E-state index is -0.961. The molecule has 0 spiro atoms. The highest BCUT2D eigenvalue weighted by atomic mass is 35.5. The summed E-state index contributed by atoms with van der Waals surface area (Å²) in [5.74, 6) is -0.384. The summed E-state index contributed by atoms with van der Waals surface area (Å²) in [5.41, 5.74) is 0.209. The van der Waals surface area contributed by atoms with Gasteiger partial charge in [0, 0.05) is 24.9 Å². The first-order chi connectivity index (χ1) is 17.4. The molecule has 0 saturated carbocycles. The maximum atomic E-state index is 13.6. The van der Waals surface area contributed by atoms with Gasteiger partial charge in [-0.3, -0.25) is 9.69 Å². The van der Waals surface area contributed by atoms with Crippen LogP contribution in [0.1, 0.15) is 52.5 Å². The van der Waals surface area contributed by atoms with Gasteiger partial charge < -0.3 is 20.1 Å². The SMILES string of the molecule is CC(C)(C)OC(=O)N=C1N[C@](C)(c2cccc(Nc3ccc(F)cc3)c2Cl)CC(=O)N1C1CCOCC1. The number of benzene rings is 2. The predicted octanol–water partition coefficient (Wildman–Crippen LogP) is 5.73. The number of rotatable bonds is 4. The Balaban J connectivity index is 1.68. The summed E-state index contributed by atoms with van der Waals surface area (Å²) in [5, 5.41) is 6.92. The lowest BCUT2D eigenvalue weighted by atomic mass is 9.85. The van der Waals surface area contributed by atoms with E-state index in [1.807, 2.05) is 19.1 Å². The van der Waals surface area contributed by atoms with E-state index in [0.29, 0.717) is 48.0 Å². The second-order valence-corrected chi connectivity index (χ2v) is 10.8. The zero-order chi connectivity index (χ0) is 26.8. The van der Waals surface area contributed by atoms with E-state index in [2.05, 4.69) is 15.6 Å². The van der Waals surface area contributed by atoms with Gasteiger partial charge in [-0.1, -0.05) is 23.7 Å². The third-order valence-electron chi connectivity index (χ3n) is 6.25. The number of amides is 2. The molecule has 2 heterocycles. The maximum Gasteiger partial charge on any atom is 0.437 e. The van der Waals surface area contributed by atoms with E-state index < -0.39 is 17.2 Å². The van der Waals surface area contributed by atoms with E-state index in [1.165, 1.54) is 12.1 Å².